The average molecular weight is 233 g/mol. The number of amides is 1. The number of hydrogen-bond donors (Lipinski definition) is 0. The molecule has 3 nitrogen and oxygen atoms in total. The number of hydrogen-bond acceptors (Lipinski definition) is 2. The predicted molar refractivity (Wildman–Crippen MR) is 66.6 cm³/mol. The molecule has 1 aromatic rings. The van der Waals surface area contributed by atoms with Gasteiger partial charge in [-0.3, -0.25) is 0 Å². The van der Waals surface area contributed by atoms with Crippen LogP contribution in [0.2, 0.25) is 0 Å². The van der Waals surface area contributed by atoms with Crippen LogP contribution in [0.25, 0.3) is 0 Å². The molecule has 0 saturated heterocycles. The summed E-state index contributed by atoms with van der Waals surface area (Å²) in [4.78, 5) is 13.5. The lowest BCUT2D eigenvalue weighted by atomic mass is 9.81. The van der Waals surface area contributed by atoms with E-state index >= 15 is 0 Å². The van der Waals surface area contributed by atoms with Crippen molar-refractivity contribution in [3.8, 4) is 0 Å². The number of benzene rings is 1. The van der Waals surface area contributed by atoms with Gasteiger partial charge in [0.1, 0.15) is 6.61 Å². The lowest BCUT2D eigenvalue weighted by Crippen LogP contribution is -2.44. The first kappa shape index (κ1) is 12.0. The van der Waals surface area contributed by atoms with Crippen LogP contribution in [0.5, 0.6) is 0 Å². The quantitative estimate of drug-likeness (QED) is 0.803. The molecule has 2 rings (SSSR count). The van der Waals surface area contributed by atoms with Gasteiger partial charge < -0.3 is 9.64 Å². The molecule has 0 radical (unpaired) electrons. The van der Waals surface area contributed by atoms with Gasteiger partial charge in [-0.2, -0.15) is 0 Å². The Morgan fingerprint density at radius 3 is 2.59 bits per heavy atom. The van der Waals surface area contributed by atoms with Crippen molar-refractivity contribution in [1.29, 1.82) is 0 Å². The van der Waals surface area contributed by atoms with Crippen molar-refractivity contribution >= 4 is 6.09 Å². The van der Waals surface area contributed by atoms with Crippen molar-refractivity contribution in [2.24, 2.45) is 5.92 Å². The molecule has 0 spiro atoms. The smallest absolute Gasteiger partial charge is 0.410 e. The van der Waals surface area contributed by atoms with Gasteiger partial charge in [-0.15, -0.1) is 0 Å². The third-order valence-corrected chi connectivity index (χ3v) is 3.39. The van der Waals surface area contributed by atoms with Crippen molar-refractivity contribution in [2.45, 2.75) is 32.4 Å². The van der Waals surface area contributed by atoms with E-state index in [2.05, 4.69) is 6.92 Å². The molecular formula is C14H19NO2. The van der Waals surface area contributed by atoms with E-state index in [4.69, 9.17) is 4.74 Å². The molecule has 0 heterocycles. The summed E-state index contributed by atoms with van der Waals surface area (Å²) in [5, 5.41) is 0. The highest BCUT2D eigenvalue weighted by Gasteiger charge is 2.31. The third-order valence-electron chi connectivity index (χ3n) is 3.39. The van der Waals surface area contributed by atoms with Crippen molar-refractivity contribution in [3.63, 3.8) is 0 Å². The number of carbonyl (C=O) groups excluding carboxylic acids is 1. The van der Waals surface area contributed by atoms with E-state index in [-0.39, 0.29) is 6.09 Å². The largest absolute Gasteiger partial charge is 0.445 e. The maximum atomic E-state index is 11.8. The molecule has 1 aromatic carbocycles. The van der Waals surface area contributed by atoms with Crippen LogP contribution in [-0.4, -0.2) is 24.1 Å². The number of carbonyl (C=O) groups is 1. The number of ether oxygens (including phenoxy) is 1. The van der Waals surface area contributed by atoms with Crippen LogP contribution in [-0.2, 0) is 11.3 Å². The van der Waals surface area contributed by atoms with Gasteiger partial charge in [0.2, 0.25) is 0 Å². The summed E-state index contributed by atoms with van der Waals surface area (Å²) in [6.07, 6.45) is 1.97. The van der Waals surface area contributed by atoms with Crippen LogP contribution in [0.4, 0.5) is 4.79 Å². The van der Waals surface area contributed by atoms with Crippen molar-refractivity contribution < 1.29 is 9.53 Å². The zero-order valence-electron chi connectivity index (χ0n) is 10.4. The van der Waals surface area contributed by atoms with Crippen LogP contribution < -0.4 is 0 Å². The maximum Gasteiger partial charge on any atom is 0.410 e. The molecule has 1 aliphatic rings. The zero-order valence-corrected chi connectivity index (χ0v) is 10.4. The molecule has 1 amide bonds. The Morgan fingerprint density at radius 1 is 1.35 bits per heavy atom. The zero-order chi connectivity index (χ0) is 12.3. The Morgan fingerprint density at radius 2 is 2.00 bits per heavy atom. The van der Waals surface area contributed by atoms with E-state index in [0.29, 0.717) is 12.6 Å². The summed E-state index contributed by atoms with van der Waals surface area (Å²) in [5.74, 6) is 0.740. The van der Waals surface area contributed by atoms with E-state index < -0.39 is 0 Å². The fourth-order valence-corrected chi connectivity index (χ4v) is 2.15. The van der Waals surface area contributed by atoms with Gasteiger partial charge in [0.15, 0.2) is 0 Å². The van der Waals surface area contributed by atoms with Crippen molar-refractivity contribution in [1.82, 2.24) is 4.90 Å². The fourth-order valence-electron chi connectivity index (χ4n) is 2.15. The topological polar surface area (TPSA) is 29.5 Å². The molecule has 1 aliphatic carbocycles. The van der Waals surface area contributed by atoms with Gasteiger partial charge in [0.25, 0.3) is 0 Å². The number of nitrogens with zero attached hydrogens (tertiary/aromatic N) is 1. The molecule has 0 aromatic heterocycles. The number of rotatable bonds is 3. The van der Waals surface area contributed by atoms with Gasteiger partial charge in [-0.1, -0.05) is 37.3 Å². The Hall–Kier alpha value is -1.51. The third kappa shape index (κ3) is 2.99. The minimum absolute atomic E-state index is 0.217. The normalized spacial score (nSPS) is 22.7. The van der Waals surface area contributed by atoms with Crippen molar-refractivity contribution in [3.05, 3.63) is 35.9 Å². The van der Waals surface area contributed by atoms with E-state index in [1.54, 1.807) is 4.90 Å². The Labute approximate surface area is 102 Å². The first-order chi connectivity index (χ1) is 8.16. The summed E-state index contributed by atoms with van der Waals surface area (Å²) >= 11 is 0. The second kappa shape index (κ2) is 5.21. The van der Waals surface area contributed by atoms with E-state index in [1.807, 2.05) is 37.4 Å². The molecule has 17 heavy (non-hydrogen) atoms. The second-order valence-corrected chi connectivity index (χ2v) is 4.88. The van der Waals surface area contributed by atoms with Crippen LogP contribution in [0.3, 0.4) is 0 Å². The lowest BCUT2D eigenvalue weighted by molar-refractivity contribution is 0.0605. The monoisotopic (exact) mass is 233 g/mol. The highest BCUT2D eigenvalue weighted by atomic mass is 16.6. The Balaban J connectivity index is 1.77. The molecule has 0 bridgehead atoms. The van der Waals surface area contributed by atoms with Gasteiger partial charge in [0.05, 0.1) is 0 Å². The summed E-state index contributed by atoms with van der Waals surface area (Å²) in [7, 11) is 1.82. The fraction of sp³-hybridized carbons (Fsp3) is 0.500. The maximum absolute atomic E-state index is 11.8. The first-order valence-corrected chi connectivity index (χ1v) is 6.10. The Bertz CT molecular complexity index is 371. The summed E-state index contributed by atoms with van der Waals surface area (Å²) < 4.78 is 5.27. The van der Waals surface area contributed by atoms with E-state index in [1.165, 1.54) is 0 Å². The molecule has 0 atom stereocenters. The average Bonchev–Trinajstić information content (AvgIpc) is 2.32. The standard InChI is InChI=1S/C14H19NO2/c1-11-8-13(9-11)15(2)14(16)17-10-12-6-4-3-5-7-12/h3-7,11,13H,8-10H2,1-2H3. The predicted octanol–water partition coefficient (Wildman–Crippen LogP) is 3.05. The summed E-state index contributed by atoms with van der Waals surface area (Å²) in [5.41, 5.74) is 1.02. The summed E-state index contributed by atoms with van der Waals surface area (Å²) in [6.45, 7) is 2.56. The van der Waals surface area contributed by atoms with Crippen molar-refractivity contribution in [2.75, 3.05) is 7.05 Å². The highest BCUT2D eigenvalue weighted by Crippen LogP contribution is 2.30. The molecule has 0 N–H and O–H groups in total. The van der Waals surface area contributed by atoms with Crippen LogP contribution in [0, 0.1) is 5.92 Å². The summed E-state index contributed by atoms with van der Waals surface area (Å²) in [6, 6.07) is 10.1. The van der Waals surface area contributed by atoms with Gasteiger partial charge in [-0.05, 0) is 24.3 Å². The Kier molecular flexibility index (Phi) is 3.67. The van der Waals surface area contributed by atoms with E-state index in [0.717, 1.165) is 24.3 Å². The molecule has 1 fully saturated rings. The highest BCUT2D eigenvalue weighted by molar-refractivity contribution is 5.67. The molecule has 0 aliphatic heterocycles. The van der Waals surface area contributed by atoms with Gasteiger partial charge >= 0.3 is 6.09 Å². The van der Waals surface area contributed by atoms with Gasteiger partial charge in [0, 0.05) is 13.1 Å². The molecular weight excluding hydrogens is 214 g/mol. The SMILES string of the molecule is CC1CC(N(C)C(=O)OCc2ccccc2)C1. The van der Waals surface area contributed by atoms with Crippen LogP contribution in [0.15, 0.2) is 30.3 Å². The van der Waals surface area contributed by atoms with E-state index in [9.17, 15) is 4.79 Å². The molecule has 92 valence electrons. The minimum atomic E-state index is -0.217. The van der Waals surface area contributed by atoms with Crippen LogP contribution in [0.1, 0.15) is 25.3 Å². The lowest BCUT2D eigenvalue weighted by Gasteiger charge is -2.38. The van der Waals surface area contributed by atoms with Crippen LogP contribution >= 0.6 is 0 Å². The molecule has 0 unspecified atom stereocenters. The molecule has 1 saturated carbocycles. The minimum Gasteiger partial charge on any atom is -0.445 e. The first-order valence-electron chi connectivity index (χ1n) is 6.10. The second-order valence-electron chi connectivity index (χ2n) is 4.88. The molecule has 3 heteroatoms. The van der Waals surface area contributed by atoms with Gasteiger partial charge in [-0.25, -0.2) is 4.79 Å².